The lowest BCUT2D eigenvalue weighted by Crippen LogP contribution is -2.31. The Hall–Kier alpha value is -2.72. The first-order valence-electron chi connectivity index (χ1n) is 8.99. The van der Waals surface area contributed by atoms with Crippen LogP contribution in [-0.2, 0) is 16.0 Å². The van der Waals surface area contributed by atoms with Crippen molar-refractivity contribution in [3.05, 3.63) is 87.4 Å². The van der Waals surface area contributed by atoms with Crippen LogP contribution in [0.2, 0.25) is 0 Å². The van der Waals surface area contributed by atoms with E-state index in [1.54, 1.807) is 17.5 Å². The summed E-state index contributed by atoms with van der Waals surface area (Å²) < 4.78 is 78.1. The van der Waals surface area contributed by atoms with Gasteiger partial charge in [-0.15, -0.1) is 11.3 Å². The maximum absolute atomic E-state index is 13.6. The van der Waals surface area contributed by atoms with Crippen molar-refractivity contribution in [3.63, 3.8) is 0 Å². The first-order valence-corrected chi connectivity index (χ1v) is 11.4. The topological polar surface area (TPSA) is 63.2 Å². The number of halogens is 4. The molecule has 2 aromatic carbocycles. The van der Waals surface area contributed by atoms with Crippen molar-refractivity contribution in [1.82, 2.24) is 5.32 Å². The molecule has 4 nitrogen and oxygen atoms in total. The van der Waals surface area contributed by atoms with Crippen LogP contribution in [0.3, 0.4) is 0 Å². The van der Waals surface area contributed by atoms with Gasteiger partial charge in [0.05, 0.1) is 10.5 Å². The number of sulfone groups is 1. The van der Waals surface area contributed by atoms with Crippen LogP contribution in [0.4, 0.5) is 17.6 Å². The van der Waals surface area contributed by atoms with E-state index in [-0.39, 0.29) is 22.6 Å². The Balaban J connectivity index is 1.84. The molecular formula is C21H17F4NO3S2. The van der Waals surface area contributed by atoms with Gasteiger partial charge < -0.3 is 5.32 Å². The summed E-state index contributed by atoms with van der Waals surface area (Å²) in [5.41, 5.74) is -0.762. The minimum atomic E-state index is -4.53. The van der Waals surface area contributed by atoms with Gasteiger partial charge in [-0.3, -0.25) is 4.79 Å². The summed E-state index contributed by atoms with van der Waals surface area (Å²) in [6.45, 7) is 1.14. The first-order chi connectivity index (χ1) is 14.5. The fraction of sp³-hybridized carbons (Fsp3) is 0.190. The second kappa shape index (κ2) is 8.80. The van der Waals surface area contributed by atoms with Crippen molar-refractivity contribution in [3.8, 4) is 0 Å². The Labute approximate surface area is 180 Å². The lowest BCUT2D eigenvalue weighted by atomic mass is 10.1. The number of benzene rings is 2. The highest BCUT2D eigenvalue weighted by atomic mass is 32.2. The zero-order valence-corrected chi connectivity index (χ0v) is 17.7. The summed E-state index contributed by atoms with van der Waals surface area (Å²) in [6, 6.07) is 10.3. The fourth-order valence-electron chi connectivity index (χ4n) is 2.89. The first kappa shape index (κ1) is 23.0. The third kappa shape index (κ3) is 5.13. The third-order valence-electron chi connectivity index (χ3n) is 4.62. The number of carbonyl (C=O) groups excluding carboxylic acids is 1. The fourth-order valence-corrected chi connectivity index (χ4v) is 5.76. The lowest BCUT2D eigenvalue weighted by molar-refractivity contribution is -0.137. The predicted molar refractivity (Wildman–Crippen MR) is 109 cm³/mol. The highest BCUT2D eigenvalue weighted by Gasteiger charge is 2.32. The highest BCUT2D eigenvalue weighted by Crippen LogP contribution is 2.32. The Kier molecular flexibility index (Phi) is 6.51. The van der Waals surface area contributed by atoms with Crippen LogP contribution in [0.1, 0.15) is 31.6 Å². The van der Waals surface area contributed by atoms with Crippen molar-refractivity contribution >= 4 is 27.1 Å². The largest absolute Gasteiger partial charge is 0.416 e. The minimum absolute atomic E-state index is 0.0343. The molecular weight excluding hydrogens is 454 g/mol. The molecule has 0 spiro atoms. The van der Waals surface area contributed by atoms with Gasteiger partial charge >= 0.3 is 6.18 Å². The van der Waals surface area contributed by atoms with Crippen molar-refractivity contribution in [1.29, 1.82) is 0 Å². The SMILES string of the molecule is Cc1cc(S(=O)(=O)C(CNC(=O)c2ccc(C(F)(F)F)cc2)c2cccs2)ccc1F. The monoisotopic (exact) mass is 471 g/mol. The summed E-state index contributed by atoms with van der Waals surface area (Å²) >= 11 is 1.18. The van der Waals surface area contributed by atoms with Crippen LogP contribution in [-0.4, -0.2) is 20.9 Å². The number of alkyl halides is 3. The molecule has 1 atom stereocenters. The zero-order valence-electron chi connectivity index (χ0n) is 16.1. The number of thiophene rings is 1. The Morgan fingerprint density at radius 2 is 1.77 bits per heavy atom. The van der Waals surface area contributed by atoms with E-state index >= 15 is 0 Å². The van der Waals surface area contributed by atoms with E-state index in [2.05, 4.69) is 5.32 Å². The normalized spacial score (nSPS) is 13.1. The van der Waals surface area contributed by atoms with Crippen molar-refractivity contribution in [2.75, 3.05) is 6.54 Å². The Morgan fingerprint density at radius 3 is 2.32 bits per heavy atom. The molecule has 1 heterocycles. The molecule has 1 amide bonds. The number of carbonyl (C=O) groups is 1. The van der Waals surface area contributed by atoms with E-state index in [0.29, 0.717) is 4.88 Å². The van der Waals surface area contributed by atoms with Crippen molar-refractivity contribution in [2.24, 2.45) is 0 Å². The molecule has 1 aromatic heterocycles. The van der Waals surface area contributed by atoms with Gasteiger partial charge in [-0.05, 0) is 66.4 Å². The second-order valence-electron chi connectivity index (χ2n) is 6.75. The van der Waals surface area contributed by atoms with Gasteiger partial charge in [0.1, 0.15) is 11.1 Å². The van der Waals surface area contributed by atoms with Crippen LogP contribution in [0.5, 0.6) is 0 Å². The number of amides is 1. The maximum atomic E-state index is 13.6. The molecule has 0 saturated carbocycles. The molecule has 3 rings (SSSR count). The summed E-state index contributed by atoms with van der Waals surface area (Å²) in [7, 11) is -3.99. The number of aryl methyl sites for hydroxylation is 1. The highest BCUT2D eigenvalue weighted by molar-refractivity contribution is 7.91. The summed E-state index contributed by atoms with van der Waals surface area (Å²) in [5, 5.41) is 3.02. The van der Waals surface area contributed by atoms with Crippen molar-refractivity contribution < 1.29 is 30.8 Å². The molecule has 10 heteroatoms. The van der Waals surface area contributed by atoms with Crippen LogP contribution in [0.25, 0.3) is 0 Å². The molecule has 0 aliphatic rings. The summed E-state index contributed by atoms with van der Waals surface area (Å²) in [4.78, 5) is 12.8. The molecule has 0 saturated heterocycles. The molecule has 0 fully saturated rings. The Bertz CT molecular complexity index is 1170. The molecule has 3 aromatic rings. The lowest BCUT2D eigenvalue weighted by Gasteiger charge is -2.18. The van der Waals surface area contributed by atoms with Gasteiger partial charge in [0.25, 0.3) is 5.91 Å². The van der Waals surface area contributed by atoms with E-state index in [0.717, 1.165) is 36.4 Å². The third-order valence-corrected chi connectivity index (χ3v) is 7.83. The minimum Gasteiger partial charge on any atom is -0.350 e. The molecule has 0 radical (unpaired) electrons. The average Bonchev–Trinajstić information content (AvgIpc) is 3.23. The molecule has 0 aliphatic heterocycles. The maximum Gasteiger partial charge on any atom is 0.416 e. The number of hydrogen-bond donors (Lipinski definition) is 1. The van der Waals surface area contributed by atoms with Crippen LogP contribution in [0.15, 0.2) is 64.9 Å². The predicted octanol–water partition coefficient (Wildman–Crippen LogP) is 5.16. The quantitative estimate of drug-likeness (QED) is 0.399. The number of hydrogen-bond acceptors (Lipinski definition) is 4. The summed E-state index contributed by atoms with van der Waals surface area (Å²) in [6.07, 6.45) is -4.53. The van der Waals surface area contributed by atoms with Crippen LogP contribution < -0.4 is 5.32 Å². The van der Waals surface area contributed by atoms with E-state index in [4.69, 9.17) is 0 Å². The molecule has 1 unspecified atom stereocenters. The van der Waals surface area contributed by atoms with Gasteiger partial charge in [-0.1, -0.05) is 6.07 Å². The van der Waals surface area contributed by atoms with Crippen LogP contribution in [0, 0.1) is 12.7 Å². The molecule has 164 valence electrons. The zero-order chi connectivity index (χ0) is 22.8. The van der Waals surface area contributed by atoms with E-state index in [9.17, 15) is 30.8 Å². The van der Waals surface area contributed by atoms with Crippen molar-refractivity contribution in [2.45, 2.75) is 23.2 Å². The number of rotatable bonds is 6. The van der Waals surface area contributed by atoms with E-state index in [1.807, 2.05) is 0 Å². The van der Waals surface area contributed by atoms with Gasteiger partial charge in [-0.25, -0.2) is 12.8 Å². The number of nitrogens with one attached hydrogen (secondary N) is 1. The van der Waals surface area contributed by atoms with Crippen LogP contribution >= 0.6 is 11.3 Å². The van der Waals surface area contributed by atoms with Gasteiger partial charge in [0, 0.05) is 17.0 Å². The Morgan fingerprint density at radius 1 is 1.10 bits per heavy atom. The van der Waals surface area contributed by atoms with E-state index in [1.165, 1.54) is 24.3 Å². The molecule has 0 bridgehead atoms. The van der Waals surface area contributed by atoms with Gasteiger partial charge in [-0.2, -0.15) is 13.2 Å². The molecule has 1 N–H and O–H groups in total. The van der Waals surface area contributed by atoms with Gasteiger partial charge in [0.15, 0.2) is 9.84 Å². The smallest absolute Gasteiger partial charge is 0.350 e. The second-order valence-corrected chi connectivity index (χ2v) is 9.85. The van der Waals surface area contributed by atoms with E-state index < -0.39 is 38.6 Å². The standard InChI is InChI=1S/C21H17F4NO3S2/c1-13-11-16(8-9-17(13)22)31(28,29)19(18-3-2-10-30-18)12-26-20(27)14-4-6-15(7-5-14)21(23,24)25/h2-11,19H,12H2,1H3,(H,26,27). The summed E-state index contributed by atoms with van der Waals surface area (Å²) in [5.74, 6) is -1.25. The average molecular weight is 471 g/mol. The molecule has 31 heavy (non-hydrogen) atoms. The molecule has 0 aliphatic carbocycles. The van der Waals surface area contributed by atoms with Gasteiger partial charge in [0.2, 0.25) is 0 Å².